The van der Waals surface area contributed by atoms with Gasteiger partial charge in [0.15, 0.2) is 12.4 Å². The van der Waals surface area contributed by atoms with Gasteiger partial charge in [0.2, 0.25) is 0 Å². The van der Waals surface area contributed by atoms with E-state index in [1.165, 1.54) is 24.3 Å². The van der Waals surface area contributed by atoms with Crippen molar-refractivity contribution in [3.63, 3.8) is 0 Å². The zero-order valence-electron chi connectivity index (χ0n) is 14.5. The Morgan fingerprint density at radius 3 is 2.07 bits per heavy atom. The number of rotatable bonds is 8. The molecule has 2 rings (SSSR count). The highest BCUT2D eigenvalue weighted by atomic mass is 32.1. The second-order valence-corrected chi connectivity index (χ2v) is 6.15. The average molecular weight is 386 g/mol. The number of carboxylic acids is 1. The van der Waals surface area contributed by atoms with Crippen LogP contribution < -0.4 is 15.8 Å². The maximum atomic E-state index is 12.4. The predicted molar refractivity (Wildman–Crippen MR) is 103 cm³/mol. The van der Waals surface area contributed by atoms with E-state index >= 15 is 0 Å². The van der Waals surface area contributed by atoms with Gasteiger partial charge >= 0.3 is 5.97 Å². The van der Waals surface area contributed by atoms with Crippen molar-refractivity contribution in [1.29, 1.82) is 0 Å². The highest BCUT2D eigenvalue weighted by Gasteiger charge is 2.18. The maximum Gasteiger partial charge on any atom is 0.341 e. The number of Topliss-reactive ketones (excluding diaryl/α,β-unsaturated/α-hetero) is 1. The molecule has 1 atom stereocenters. The Hall–Kier alpha value is -3.26. The van der Waals surface area contributed by atoms with Crippen molar-refractivity contribution < 1.29 is 24.2 Å². The second kappa shape index (κ2) is 8.91. The number of hydrogen-bond acceptors (Lipinski definition) is 5. The number of benzene rings is 2. The van der Waals surface area contributed by atoms with Gasteiger partial charge in [-0.05, 0) is 43.3 Å². The van der Waals surface area contributed by atoms with Gasteiger partial charge < -0.3 is 20.9 Å². The first kappa shape index (κ1) is 20.1. The molecule has 4 N–H and O–H groups in total. The summed E-state index contributed by atoms with van der Waals surface area (Å²) < 4.78 is 5.01. The summed E-state index contributed by atoms with van der Waals surface area (Å²) in [5, 5.41) is 11.2. The quantitative estimate of drug-likeness (QED) is 0.467. The molecule has 7 nitrogen and oxygen atoms in total. The molecule has 0 spiro atoms. The van der Waals surface area contributed by atoms with E-state index in [9.17, 15) is 14.4 Å². The molecule has 0 fully saturated rings. The number of ether oxygens (including phenoxy) is 1. The Balaban J connectivity index is 1.98. The Morgan fingerprint density at radius 1 is 1.04 bits per heavy atom. The summed E-state index contributed by atoms with van der Waals surface area (Å²) in [4.78, 5) is 35.4. The van der Waals surface area contributed by atoms with Crippen LogP contribution in [-0.2, 0) is 4.79 Å². The van der Waals surface area contributed by atoms with Crippen LogP contribution in [0.5, 0.6) is 5.75 Å². The second-order valence-electron chi connectivity index (χ2n) is 5.71. The number of nitrogens with one attached hydrogen (secondary N) is 1. The van der Waals surface area contributed by atoms with Crippen molar-refractivity contribution in [2.24, 2.45) is 5.73 Å². The number of amides is 1. The van der Waals surface area contributed by atoms with E-state index < -0.39 is 24.5 Å². The van der Waals surface area contributed by atoms with Crippen molar-refractivity contribution in [3.05, 3.63) is 65.2 Å². The molecule has 0 bridgehead atoms. The highest BCUT2D eigenvalue weighted by Crippen LogP contribution is 2.14. The monoisotopic (exact) mass is 386 g/mol. The summed E-state index contributed by atoms with van der Waals surface area (Å²) in [5.74, 6) is -1.43. The van der Waals surface area contributed by atoms with Gasteiger partial charge in [0.05, 0.1) is 6.04 Å². The fourth-order valence-corrected chi connectivity index (χ4v) is 2.38. The molecule has 27 heavy (non-hydrogen) atoms. The van der Waals surface area contributed by atoms with Gasteiger partial charge in [0.25, 0.3) is 5.91 Å². The van der Waals surface area contributed by atoms with Gasteiger partial charge in [0.1, 0.15) is 10.7 Å². The number of carbonyl (C=O) groups excluding carboxylic acids is 2. The number of aliphatic carboxylic acids is 1. The highest BCUT2D eigenvalue weighted by molar-refractivity contribution is 7.80. The largest absolute Gasteiger partial charge is 0.482 e. The summed E-state index contributed by atoms with van der Waals surface area (Å²) in [7, 11) is 0. The first-order valence-corrected chi connectivity index (χ1v) is 8.38. The number of nitrogens with two attached hydrogens (primary N) is 1. The van der Waals surface area contributed by atoms with E-state index in [0.717, 1.165) is 0 Å². The Morgan fingerprint density at radius 2 is 1.56 bits per heavy atom. The molecular weight excluding hydrogens is 368 g/mol. The van der Waals surface area contributed by atoms with Crippen LogP contribution in [0.2, 0.25) is 0 Å². The van der Waals surface area contributed by atoms with Gasteiger partial charge in [0, 0.05) is 16.7 Å². The summed E-state index contributed by atoms with van der Waals surface area (Å²) >= 11 is 4.86. The third kappa shape index (κ3) is 5.61. The van der Waals surface area contributed by atoms with Crippen LogP contribution in [0.3, 0.4) is 0 Å². The minimum Gasteiger partial charge on any atom is -0.482 e. The molecular formula is C19H18N2O5S. The molecule has 1 unspecified atom stereocenters. The lowest BCUT2D eigenvalue weighted by Gasteiger charge is -2.13. The van der Waals surface area contributed by atoms with Crippen LogP contribution in [0.15, 0.2) is 48.5 Å². The molecule has 1 amide bonds. The van der Waals surface area contributed by atoms with Crippen molar-refractivity contribution in [3.8, 4) is 5.75 Å². The van der Waals surface area contributed by atoms with Crippen molar-refractivity contribution in [1.82, 2.24) is 5.32 Å². The molecule has 0 saturated carbocycles. The molecule has 0 aliphatic carbocycles. The van der Waals surface area contributed by atoms with Crippen molar-refractivity contribution in [2.45, 2.75) is 13.0 Å². The third-order valence-corrected chi connectivity index (χ3v) is 3.91. The first-order valence-electron chi connectivity index (χ1n) is 7.97. The molecule has 0 aromatic heterocycles. The van der Waals surface area contributed by atoms with Gasteiger partial charge in [-0.25, -0.2) is 4.79 Å². The van der Waals surface area contributed by atoms with E-state index in [-0.39, 0.29) is 10.8 Å². The minimum atomic E-state index is -1.09. The minimum absolute atomic E-state index is 0.237. The van der Waals surface area contributed by atoms with Crippen LogP contribution in [0.1, 0.15) is 33.2 Å². The lowest BCUT2D eigenvalue weighted by atomic mass is 10.0. The smallest absolute Gasteiger partial charge is 0.341 e. The van der Waals surface area contributed by atoms with Gasteiger partial charge in [-0.1, -0.05) is 24.4 Å². The number of carbonyl (C=O) groups is 3. The summed E-state index contributed by atoms with van der Waals surface area (Å²) in [5.41, 5.74) is 6.92. The third-order valence-electron chi connectivity index (χ3n) is 3.67. The van der Waals surface area contributed by atoms with Crippen LogP contribution in [0, 0.1) is 0 Å². The van der Waals surface area contributed by atoms with E-state index in [1.807, 2.05) is 0 Å². The molecule has 2 aromatic carbocycles. The fraction of sp³-hybridized carbons (Fsp3) is 0.158. The Kier molecular flexibility index (Phi) is 6.62. The first-order chi connectivity index (χ1) is 12.8. The molecule has 8 heteroatoms. The van der Waals surface area contributed by atoms with Gasteiger partial charge in [-0.2, -0.15) is 0 Å². The number of hydrogen-bond donors (Lipinski definition) is 3. The standard InChI is InChI=1S/C19H18N2O5S/c1-11(21-19(25)14-4-2-13(3-5-14)18(20)27)17(24)12-6-8-15(9-7-12)26-10-16(22)23/h2-9,11H,10H2,1H3,(H2,20,27)(H,21,25)(H,22,23). The molecule has 0 saturated heterocycles. The molecule has 140 valence electrons. The average Bonchev–Trinajstić information content (AvgIpc) is 2.66. The Labute approximate surface area is 161 Å². The lowest BCUT2D eigenvalue weighted by Crippen LogP contribution is -2.38. The summed E-state index contributed by atoms with van der Waals surface area (Å²) in [6.07, 6.45) is 0. The summed E-state index contributed by atoms with van der Waals surface area (Å²) in [6.45, 7) is 1.12. The summed E-state index contributed by atoms with van der Waals surface area (Å²) in [6, 6.07) is 11.7. The molecule has 0 aliphatic rings. The van der Waals surface area contributed by atoms with E-state index in [4.69, 9.17) is 27.8 Å². The van der Waals surface area contributed by atoms with Crippen LogP contribution >= 0.6 is 12.2 Å². The molecule has 0 aliphatic heterocycles. The Bertz CT molecular complexity index is 863. The molecule has 2 aromatic rings. The number of thiocarbonyl (C=S) groups is 1. The maximum absolute atomic E-state index is 12.4. The van der Waals surface area contributed by atoms with Gasteiger partial charge in [-0.15, -0.1) is 0 Å². The molecule has 0 heterocycles. The topological polar surface area (TPSA) is 119 Å². The number of carboxylic acid groups (broad SMARTS) is 1. The van der Waals surface area contributed by atoms with Crippen LogP contribution in [0.4, 0.5) is 0 Å². The zero-order valence-corrected chi connectivity index (χ0v) is 15.3. The van der Waals surface area contributed by atoms with Crippen molar-refractivity contribution in [2.75, 3.05) is 6.61 Å². The zero-order chi connectivity index (χ0) is 20.0. The number of ketones is 1. The predicted octanol–water partition coefficient (Wildman–Crippen LogP) is 1.79. The van der Waals surface area contributed by atoms with Crippen LogP contribution in [0.25, 0.3) is 0 Å². The van der Waals surface area contributed by atoms with E-state index in [0.29, 0.717) is 22.4 Å². The van der Waals surface area contributed by atoms with Gasteiger partial charge in [-0.3, -0.25) is 9.59 Å². The fourth-order valence-electron chi connectivity index (χ4n) is 2.24. The van der Waals surface area contributed by atoms with E-state index in [1.54, 1.807) is 31.2 Å². The van der Waals surface area contributed by atoms with E-state index in [2.05, 4.69) is 5.32 Å². The normalized spacial score (nSPS) is 11.3. The lowest BCUT2D eigenvalue weighted by molar-refractivity contribution is -0.139. The SMILES string of the molecule is CC(NC(=O)c1ccc(C(N)=S)cc1)C(=O)c1ccc(OCC(=O)O)cc1. The van der Waals surface area contributed by atoms with Crippen molar-refractivity contribution >= 4 is 34.9 Å². The molecule has 0 radical (unpaired) electrons. The van der Waals surface area contributed by atoms with Crippen LogP contribution in [-0.4, -0.2) is 40.4 Å².